The molecule has 126 valence electrons. The predicted molar refractivity (Wildman–Crippen MR) is 99.3 cm³/mol. The quantitative estimate of drug-likeness (QED) is 0.757. The van der Waals surface area contributed by atoms with Gasteiger partial charge in [-0.15, -0.1) is 11.8 Å². The van der Waals surface area contributed by atoms with Crippen molar-refractivity contribution in [3.8, 4) is 0 Å². The van der Waals surface area contributed by atoms with E-state index in [9.17, 15) is 9.59 Å². The van der Waals surface area contributed by atoms with Crippen LogP contribution >= 0.6 is 11.8 Å². The third-order valence-corrected chi connectivity index (χ3v) is 4.55. The number of carbonyl (C=O) groups is 2. The maximum atomic E-state index is 12.0. The van der Waals surface area contributed by atoms with E-state index in [4.69, 9.17) is 0 Å². The molecule has 2 aromatic rings. The van der Waals surface area contributed by atoms with E-state index in [-0.39, 0.29) is 18.4 Å². The van der Waals surface area contributed by atoms with Crippen LogP contribution < -0.4 is 10.6 Å². The first kappa shape index (κ1) is 18.1. The molecule has 0 saturated carbocycles. The number of anilines is 1. The predicted octanol–water partition coefficient (Wildman–Crippen LogP) is 3.54. The van der Waals surface area contributed by atoms with Crippen molar-refractivity contribution in [1.82, 2.24) is 5.32 Å². The highest BCUT2D eigenvalue weighted by molar-refractivity contribution is 7.99. The van der Waals surface area contributed by atoms with Crippen LogP contribution in [0.3, 0.4) is 0 Å². The van der Waals surface area contributed by atoms with E-state index in [1.54, 1.807) is 11.8 Å². The molecule has 0 radical (unpaired) electrons. The summed E-state index contributed by atoms with van der Waals surface area (Å²) in [6.45, 7) is 3.88. The molecule has 5 heteroatoms. The average molecular weight is 342 g/mol. The zero-order valence-electron chi connectivity index (χ0n) is 14.0. The van der Waals surface area contributed by atoms with Crippen molar-refractivity contribution in [3.63, 3.8) is 0 Å². The fraction of sp³-hybridized carbons (Fsp3) is 0.263. The van der Waals surface area contributed by atoms with Crippen LogP contribution in [0.5, 0.6) is 0 Å². The molecule has 0 atom stereocenters. The second-order valence-corrected chi connectivity index (χ2v) is 6.67. The van der Waals surface area contributed by atoms with Gasteiger partial charge in [0.2, 0.25) is 11.8 Å². The minimum absolute atomic E-state index is 0.0113. The Labute approximate surface area is 147 Å². The highest BCUT2D eigenvalue weighted by Crippen LogP contribution is 2.19. The average Bonchev–Trinajstić information content (AvgIpc) is 2.57. The van der Waals surface area contributed by atoms with Gasteiger partial charge in [0.15, 0.2) is 0 Å². The third kappa shape index (κ3) is 5.74. The summed E-state index contributed by atoms with van der Waals surface area (Å²) in [6.07, 6.45) is 0.385. The van der Waals surface area contributed by atoms with E-state index < -0.39 is 0 Å². The van der Waals surface area contributed by atoms with Crippen molar-refractivity contribution in [1.29, 1.82) is 0 Å². The van der Waals surface area contributed by atoms with Gasteiger partial charge >= 0.3 is 0 Å². The Bertz CT molecular complexity index is 682. The standard InChI is InChI=1S/C19H22N2O2S/c1-14-7-6-8-15(2)19(14)21-18(23)13-20-17(22)11-12-24-16-9-4-3-5-10-16/h3-10H,11-13H2,1-2H3,(H,20,22)(H,21,23). The van der Waals surface area contributed by atoms with Crippen LogP contribution in [-0.2, 0) is 9.59 Å². The number of carbonyl (C=O) groups excluding carboxylic acids is 2. The molecule has 0 aliphatic rings. The number of para-hydroxylation sites is 1. The van der Waals surface area contributed by atoms with Crippen LogP contribution in [-0.4, -0.2) is 24.1 Å². The third-order valence-electron chi connectivity index (χ3n) is 3.53. The summed E-state index contributed by atoms with van der Waals surface area (Å²) >= 11 is 1.63. The monoisotopic (exact) mass is 342 g/mol. The molecule has 2 amide bonds. The van der Waals surface area contributed by atoms with Gasteiger partial charge in [0.1, 0.15) is 0 Å². The van der Waals surface area contributed by atoms with Gasteiger partial charge in [-0.2, -0.15) is 0 Å². The summed E-state index contributed by atoms with van der Waals surface area (Å²) in [4.78, 5) is 24.9. The minimum atomic E-state index is -0.212. The van der Waals surface area contributed by atoms with Gasteiger partial charge in [0.05, 0.1) is 6.54 Å². The number of aryl methyl sites for hydroxylation is 2. The van der Waals surface area contributed by atoms with Crippen LogP contribution in [0.15, 0.2) is 53.4 Å². The first-order valence-electron chi connectivity index (χ1n) is 7.87. The zero-order chi connectivity index (χ0) is 17.4. The fourth-order valence-corrected chi connectivity index (χ4v) is 3.11. The van der Waals surface area contributed by atoms with Gasteiger partial charge in [-0.3, -0.25) is 9.59 Å². The van der Waals surface area contributed by atoms with Crippen molar-refractivity contribution in [2.45, 2.75) is 25.2 Å². The normalized spacial score (nSPS) is 10.2. The van der Waals surface area contributed by atoms with Gasteiger partial charge in [0, 0.05) is 22.8 Å². The van der Waals surface area contributed by atoms with Gasteiger partial charge in [-0.05, 0) is 37.1 Å². The maximum absolute atomic E-state index is 12.0. The first-order chi connectivity index (χ1) is 11.6. The van der Waals surface area contributed by atoms with Gasteiger partial charge in [0.25, 0.3) is 0 Å². The molecule has 0 unspecified atom stereocenters. The number of amides is 2. The second-order valence-electron chi connectivity index (χ2n) is 5.50. The molecular formula is C19H22N2O2S. The summed E-state index contributed by atoms with van der Waals surface area (Å²) in [5, 5.41) is 5.52. The van der Waals surface area contributed by atoms with E-state index in [1.165, 1.54) is 0 Å². The second kappa shape index (κ2) is 9.13. The molecule has 0 saturated heterocycles. The van der Waals surface area contributed by atoms with Gasteiger partial charge < -0.3 is 10.6 Å². The van der Waals surface area contributed by atoms with Crippen molar-refractivity contribution in [3.05, 3.63) is 59.7 Å². The minimum Gasteiger partial charge on any atom is -0.347 e. The molecule has 0 aliphatic carbocycles. The maximum Gasteiger partial charge on any atom is 0.243 e. The Morgan fingerprint density at radius 1 is 0.917 bits per heavy atom. The van der Waals surface area contributed by atoms with Crippen LogP contribution in [0.2, 0.25) is 0 Å². The smallest absolute Gasteiger partial charge is 0.243 e. The lowest BCUT2D eigenvalue weighted by molar-refractivity contribution is -0.123. The number of benzene rings is 2. The molecule has 2 aromatic carbocycles. The summed E-state index contributed by atoms with van der Waals surface area (Å²) in [5.74, 6) is 0.362. The number of nitrogens with one attached hydrogen (secondary N) is 2. The highest BCUT2D eigenvalue weighted by atomic mass is 32.2. The zero-order valence-corrected chi connectivity index (χ0v) is 14.8. The summed E-state index contributed by atoms with van der Waals surface area (Å²) in [7, 11) is 0. The summed E-state index contributed by atoms with van der Waals surface area (Å²) in [6, 6.07) is 15.8. The largest absolute Gasteiger partial charge is 0.347 e. The van der Waals surface area contributed by atoms with E-state index in [0.717, 1.165) is 21.7 Å². The molecule has 2 N–H and O–H groups in total. The molecular weight excluding hydrogens is 320 g/mol. The number of hydrogen-bond acceptors (Lipinski definition) is 3. The number of hydrogen-bond donors (Lipinski definition) is 2. The van der Waals surface area contributed by atoms with Crippen molar-refractivity contribution in [2.24, 2.45) is 0 Å². The van der Waals surface area contributed by atoms with Crippen molar-refractivity contribution < 1.29 is 9.59 Å². The van der Waals surface area contributed by atoms with E-state index in [1.807, 2.05) is 62.4 Å². The van der Waals surface area contributed by atoms with E-state index >= 15 is 0 Å². The fourth-order valence-electron chi connectivity index (χ4n) is 2.24. The van der Waals surface area contributed by atoms with Crippen molar-refractivity contribution in [2.75, 3.05) is 17.6 Å². The molecule has 0 aliphatic heterocycles. The first-order valence-corrected chi connectivity index (χ1v) is 8.85. The Hall–Kier alpha value is -2.27. The lowest BCUT2D eigenvalue weighted by Gasteiger charge is -2.12. The molecule has 0 fully saturated rings. The molecule has 24 heavy (non-hydrogen) atoms. The number of thioether (sulfide) groups is 1. The lowest BCUT2D eigenvalue weighted by Crippen LogP contribution is -2.33. The Morgan fingerprint density at radius 3 is 2.25 bits per heavy atom. The molecule has 0 heterocycles. The number of rotatable bonds is 7. The topological polar surface area (TPSA) is 58.2 Å². The highest BCUT2D eigenvalue weighted by Gasteiger charge is 2.09. The SMILES string of the molecule is Cc1cccc(C)c1NC(=O)CNC(=O)CCSc1ccccc1. The molecule has 0 bridgehead atoms. The summed E-state index contributed by atoms with van der Waals surface area (Å²) in [5.41, 5.74) is 2.83. The Morgan fingerprint density at radius 2 is 1.58 bits per heavy atom. The van der Waals surface area contributed by atoms with Gasteiger partial charge in [-0.1, -0.05) is 36.4 Å². The van der Waals surface area contributed by atoms with Crippen LogP contribution in [0.1, 0.15) is 17.5 Å². The van der Waals surface area contributed by atoms with Crippen LogP contribution in [0, 0.1) is 13.8 Å². The molecule has 2 rings (SSSR count). The van der Waals surface area contributed by atoms with Crippen LogP contribution in [0.4, 0.5) is 5.69 Å². The van der Waals surface area contributed by atoms with Gasteiger partial charge in [-0.25, -0.2) is 0 Å². The van der Waals surface area contributed by atoms with E-state index in [2.05, 4.69) is 10.6 Å². The molecule has 0 spiro atoms. The van der Waals surface area contributed by atoms with Crippen molar-refractivity contribution >= 4 is 29.3 Å². The lowest BCUT2D eigenvalue weighted by atomic mass is 10.1. The van der Waals surface area contributed by atoms with Crippen LogP contribution in [0.25, 0.3) is 0 Å². The molecule has 0 aromatic heterocycles. The summed E-state index contributed by atoms with van der Waals surface area (Å²) < 4.78 is 0. The van der Waals surface area contributed by atoms with E-state index in [0.29, 0.717) is 12.2 Å². The molecule has 4 nitrogen and oxygen atoms in total. The Balaban J connectivity index is 1.70. The Kier molecular flexibility index (Phi) is 6.88.